The van der Waals surface area contributed by atoms with Crippen LogP contribution >= 0.6 is 0 Å². The first kappa shape index (κ1) is 14.6. The highest BCUT2D eigenvalue weighted by molar-refractivity contribution is 5.29. The molecule has 106 valence electrons. The predicted octanol–water partition coefficient (Wildman–Crippen LogP) is 3.16. The van der Waals surface area contributed by atoms with Gasteiger partial charge in [0, 0.05) is 0 Å². The summed E-state index contributed by atoms with van der Waals surface area (Å²) in [7, 11) is 0. The molecule has 0 heterocycles. The standard InChI is InChI=1S/C15H15F3N2/c1-9-4-11(7-13(17)5-9)15(20-19)8-10-6-12(16)2-3-14(10)18/h2-7,15,20H,8,19H2,1H3. The van der Waals surface area contributed by atoms with Crippen molar-refractivity contribution in [2.45, 2.75) is 19.4 Å². The van der Waals surface area contributed by atoms with Gasteiger partial charge in [0.2, 0.25) is 0 Å². The van der Waals surface area contributed by atoms with Gasteiger partial charge in [-0.25, -0.2) is 13.2 Å². The second-order valence-corrected chi connectivity index (χ2v) is 4.72. The second kappa shape index (κ2) is 6.07. The summed E-state index contributed by atoms with van der Waals surface area (Å²) in [4.78, 5) is 0. The maximum Gasteiger partial charge on any atom is 0.126 e. The highest BCUT2D eigenvalue weighted by Crippen LogP contribution is 2.22. The molecule has 2 rings (SSSR count). The first-order chi connectivity index (χ1) is 9.49. The zero-order valence-electron chi connectivity index (χ0n) is 11.0. The Balaban J connectivity index is 2.30. The van der Waals surface area contributed by atoms with Crippen LogP contribution in [0.5, 0.6) is 0 Å². The van der Waals surface area contributed by atoms with E-state index in [2.05, 4.69) is 5.43 Å². The first-order valence-electron chi connectivity index (χ1n) is 6.16. The minimum atomic E-state index is -0.521. The van der Waals surface area contributed by atoms with Crippen LogP contribution in [0.3, 0.4) is 0 Å². The van der Waals surface area contributed by atoms with Crippen LogP contribution in [0.15, 0.2) is 36.4 Å². The van der Waals surface area contributed by atoms with Gasteiger partial charge in [-0.2, -0.15) is 0 Å². The van der Waals surface area contributed by atoms with Crippen LogP contribution in [0.4, 0.5) is 13.2 Å². The fraction of sp³-hybridized carbons (Fsp3) is 0.200. The lowest BCUT2D eigenvalue weighted by molar-refractivity contribution is 0.519. The number of halogens is 3. The van der Waals surface area contributed by atoms with E-state index in [1.54, 1.807) is 13.0 Å². The Morgan fingerprint density at radius 2 is 1.80 bits per heavy atom. The van der Waals surface area contributed by atoms with Gasteiger partial charge in [-0.05, 0) is 60.4 Å². The van der Waals surface area contributed by atoms with Gasteiger partial charge in [0.15, 0.2) is 0 Å². The number of hydrazine groups is 1. The summed E-state index contributed by atoms with van der Waals surface area (Å²) in [5.41, 5.74) is 4.03. The quantitative estimate of drug-likeness (QED) is 0.667. The minimum Gasteiger partial charge on any atom is -0.271 e. The maximum atomic E-state index is 13.6. The van der Waals surface area contributed by atoms with Gasteiger partial charge < -0.3 is 0 Å². The number of benzene rings is 2. The fourth-order valence-electron chi connectivity index (χ4n) is 2.16. The summed E-state index contributed by atoms with van der Waals surface area (Å²) in [5, 5.41) is 0. The van der Waals surface area contributed by atoms with E-state index in [9.17, 15) is 13.2 Å². The van der Waals surface area contributed by atoms with E-state index in [1.165, 1.54) is 12.1 Å². The van der Waals surface area contributed by atoms with Crippen LogP contribution in [-0.2, 0) is 6.42 Å². The zero-order chi connectivity index (χ0) is 14.7. The molecule has 1 atom stereocenters. The van der Waals surface area contributed by atoms with Crippen molar-refractivity contribution in [3.63, 3.8) is 0 Å². The summed E-state index contributed by atoms with van der Waals surface area (Å²) >= 11 is 0. The van der Waals surface area contributed by atoms with Crippen LogP contribution in [0.25, 0.3) is 0 Å². The molecular weight excluding hydrogens is 265 g/mol. The number of nitrogens with two attached hydrogens (primary N) is 1. The molecule has 0 fully saturated rings. The summed E-state index contributed by atoms with van der Waals surface area (Å²) in [6, 6.07) is 7.21. The Kier molecular flexibility index (Phi) is 4.42. The molecule has 0 aliphatic heterocycles. The molecule has 1 unspecified atom stereocenters. The van der Waals surface area contributed by atoms with E-state index in [1.807, 2.05) is 0 Å². The Hall–Kier alpha value is -1.85. The van der Waals surface area contributed by atoms with Crippen LogP contribution in [0, 0.1) is 24.4 Å². The minimum absolute atomic E-state index is 0.128. The third kappa shape index (κ3) is 3.37. The lowest BCUT2D eigenvalue weighted by Gasteiger charge is -2.17. The SMILES string of the molecule is Cc1cc(F)cc(C(Cc2cc(F)ccc2F)NN)c1. The lowest BCUT2D eigenvalue weighted by atomic mass is 9.97. The van der Waals surface area contributed by atoms with Crippen LogP contribution in [0.2, 0.25) is 0 Å². The summed E-state index contributed by atoms with van der Waals surface area (Å²) in [6.07, 6.45) is 0.128. The molecule has 20 heavy (non-hydrogen) atoms. The van der Waals surface area contributed by atoms with E-state index in [0.717, 1.165) is 23.8 Å². The molecule has 0 amide bonds. The van der Waals surface area contributed by atoms with Gasteiger partial charge in [-0.15, -0.1) is 0 Å². The van der Waals surface area contributed by atoms with Gasteiger partial charge in [0.1, 0.15) is 17.5 Å². The van der Waals surface area contributed by atoms with E-state index < -0.39 is 17.7 Å². The molecule has 0 aromatic heterocycles. The molecule has 0 saturated heterocycles. The van der Waals surface area contributed by atoms with Crippen molar-refractivity contribution in [3.8, 4) is 0 Å². The molecule has 2 nitrogen and oxygen atoms in total. The normalized spacial score (nSPS) is 12.4. The number of aryl methyl sites for hydroxylation is 1. The van der Waals surface area contributed by atoms with Crippen molar-refractivity contribution in [1.29, 1.82) is 0 Å². The van der Waals surface area contributed by atoms with E-state index in [0.29, 0.717) is 5.56 Å². The predicted molar refractivity (Wildman–Crippen MR) is 71.3 cm³/mol. The lowest BCUT2D eigenvalue weighted by Crippen LogP contribution is -2.30. The molecular formula is C15H15F3N2. The summed E-state index contributed by atoms with van der Waals surface area (Å²) < 4.78 is 40.2. The average Bonchev–Trinajstić information content (AvgIpc) is 2.38. The highest BCUT2D eigenvalue weighted by atomic mass is 19.1. The molecule has 0 bridgehead atoms. The number of rotatable bonds is 4. The molecule has 0 radical (unpaired) electrons. The molecule has 2 aromatic rings. The smallest absolute Gasteiger partial charge is 0.126 e. The second-order valence-electron chi connectivity index (χ2n) is 4.72. The van der Waals surface area contributed by atoms with Crippen LogP contribution < -0.4 is 11.3 Å². The molecule has 0 saturated carbocycles. The Morgan fingerprint density at radius 3 is 2.45 bits per heavy atom. The van der Waals surface area contributed by atoms with Crippen molar-refractivity contribution in [3.05, 3.63) is 70.5 Å². The van der Waals surface area contributed by atoms with Gasteiger partial charge in [-0.3, -0.25) is 11.3 Å². The molecule has 0 aliphatic rings. The van der Waals surface area contributed by atoms with Gasteiger partial charge >= 0.3 is 0 Å². The van der Waals surface area contributed by atoms with Gasteiger partial charge in [0.05, 0.1) is 6.04 Å². The molecule has 0 aliphatic carbocycles. The van der Waals surface area contributed by atoms with Gasteiger partial charge in [-0.1, -0.05) is 6.07 Å². The van der Waals surface area contributed by atoms with Crippen molar-refractivity contribution < 1.29 is 13.2 Å². The fourth-order valence-corrected chi connectivity index (χ4v) is 2.16. The zero-order valence-corrected chi connectivity index (χ0v) is 11.0. The third-order valence-corrected chi connectivity index (χ3v) is 3.10. The maximum absolute atomic E-state index is 13.6. The first-order valence-corrected chi connectivity index (χ1v) is 6.16. The van der Waals surface area contributed by atoms with Crippen molar-refractivity contribution in [2.24, 2.45) is 5.84 Å². The van der Waals surface area contributed by atoms with Crippen molar-refractivity contribution in [2.75, 3.05) is 0 Å². The summed E-state index contributed by atoms with van der Waals surface area (Å²) in [6.45, 7) is 1.75. The third-order valence-electron chi connectivity index (χ3n) is 3.10. The number of hydrogen-bond acceptors (Lipinski definition) is 2. The van der Waals surface area contributed by atoms with Crippen molar-refractivity contribution >= 4 is 0 Å². The molecule has 0 spiro atoms. The van der Waals surface area contributed by atoms with E-state index in [4.69, 9.17) is 5.84 Å². The monoisotopic (exact) mass is 280 g/mol. The summed E-state index contributed by atoms with van der Waals surface area (Å²) in [5.74, 6) is 4.03. The van der Waals surface area contributed by atoms with E-state index >= 15 is 0 Å². The van der Waals surface area contributed by atoms with Crippen molar-refractivity contribution in [1.82, 2.24) is 5.43 Å². The topological polar surface area (TPSA) is 38.0 Å². The van der Waals surface area contributed by atoms with Crippen LogP contribution in [0.1, 0.15) is 22.7 Å². The molecule has 3 N–H and O–H groups in total. The Morgan fingerprint density at radius 1 is 1.05 bits per heavy atom. The molecule has 5 heteroatoms. The van der Waals surface area contributed by atoms with E-state index in [-0.39, 0.29) is 17.8 Å². The Bertz CT molecular complexity index is 594. The number of nitrogens with one attached hydrogen (secondary N) is 1. The highest BCUT2D eigenvalue weighted by Gasteiger charge is 2.15. The largest absolute Gasteiger partial charge is 0.271 e. The number of hydrogen-bond donors (Lipinski definition) is 2. The Labute approximate surface area is 115 Å². The van der Waals surface area contributed by atoms with Gasteiger partial charge in [0.25, 0.3) is 0 Å². The average molecular weight is 280 g/mol. The van der Waals surface area contributed by atoms with Crippen LogP contribution in [-0.4, -0.2) is 0 Å². The molecule has 2 aromatic carbocycles.